The number of amidine groups is 1. The van der Waals surface area contributed by atoms with Crippen molar-refractivity contribution < 1.29 is 9.53 Å². The highest BCUT2D eigenvalue weighted by Crippen LogP contribution is 2.32. The lowest BCUT2D eigenvalue weighted by Crippen LogP contribution is -2.38. The van der Waals surface area contributed by atoms with Crippen LogP contribution in [-0.2, 0) is 9.53 Å². The van der Waals surface area contributed by atoms with Crippen LogP contribution in [0.2, 0.25) is 0 Å². The van der Waals surface area contributed by atoms with Gasteiger partial charge in [-0.15, -0.1) is 0 Å². The van der Waals surface area contributed by atoms with Gasteiger partial charge in [0.05, 0.1) is 6.04 Å². The predicted molar refractivity (Wildman–Crippen MR) is 118 cm³/mol. The third kappa shape index (κ3) is 4.34. The van der Waals surface area contributed by atoms with Gasteiger partial charge in [0, 0.05) is 24.8 Å². The molecule has 1 amide bonds. The summed E-state index contributed by atoms with van der Waals surface area (Å²) >= 11 is 0. The Balaban J connectivity index is 1.57. The minimum Gasteiger partial charge on any atom is -0.420 e. The Morgan fingerprint density at radius 3 is 2.28 bits per heavy atom. The van der Waals surface area contributed by atoms with Gasteiger partial charge in [-0.2, -0.15) is 0 Å². The zero-order chi connectivity index (χ0) is 20.2. The first-order chi connectivity index (χ1) is 14.2. The molecular formula is C24H33N3O2. The van der Waals surface area contributed by atoms with E-state index < -0.39 is 0 Å². The molecule has 0 N–H and O–H groups in total. The lowest BCUT2D eigenvalue weighted by atomic mass is 10.1. The van der Waals surface area contributed by atoms with Gasteiger partial charge in [0.2, 0.25) is 0 Å². The Morgan fingerprint density at radius 1 is 1.03 bits per heavy atom. The second-order valence-electron chi connectivity index (χ2n) is 8.34. The first-order valence-corrected chi connectivity index (χ1v) is 11.4. The minimum absolute atomic E-state index is 0.0264. The van der Waals surface area contributed by atoms with E-state index >= 15 is 0 Å². The molecule has 156 valence electrons. The number of nitrogens with zero attached hydrogens (tertiary/aromatic N) is 3. The van der Waals surface area contributed by atoms with Gasteiger partial charge in [0.25, 0.3) is 5.91 Å². The molecule has 1 heterocycles. The van der Waals surface area contributed by atoms with Crippen molar-refractivity contribution in [2.45, 2.75) is 77.3 Å². The van der Waals surface area contributed by atoms with Crippen LogP contribution in [0.1, 0.15) is 70.8 Å². The van der Waals surface area contributed by atoms with E-state index in [0.29, 0.717) is 17.8 Å². The maximum atomic E-state index is 13.2. The summed E-state index contributed by atoms with van der Waals surface area (Å²) in [5.41, 5.74) is 2.18. The Morgan fingerprint density at radius 2 is 1.66 bits per heavy atom. The smallest absolute Gasteiger partial charge is 0.300 e. The zero-order valence-corrected chi connectivity index (χ0v) is 17.8. The largest absolute Gasteiger partial charge is 0.420 e. The fraction of sp³-hybridized carbons (Fsp3) is 0.583. The number of ether oxygens (including phenoxy) is 1. The summed E-state index contributed by atoms with van der Waals surface area (Å²) in [5, 5.41) is 0. The molecule has 5 heteroatoms. The van der Waals surface area contributed by atoms with Crippen LogP contribution in [-0.4, -0.2) is 42.0 Å². The van der Waals surface area contributed by atoms with Crippen LogP contribution < -0.4 is 4.90 Å². The predicted octanol–water partition coefficient (Wildman–Crippen LogP) is 4.97. The number of hydrogen-bond donors (Lipinski definition) is 0. The lowest BCUT2D eigenvalue weighted by Gasteiger charge is -2.21. The van der Waals surface area contributed by atoms with Gasteiger partial charge in [-0.1, -0.05) is 37.8 Å². The van der Waals surface area contributed by atoms with E-state index in [1.807, 2.05) is 11.0 Å². The molecule has 0 atom stereocenters. The SMILES string of the molecule is CCN(CC)c1ccc(/C=C2/OC(=NC3CCCC3)N(C3CCCC3)C2=O)cc1. The van der Waals surface area contributed by atoms with E-state index in [0.717, 1.165) is 44.3 Å². The molecule has 3 fully saturated rings. The van der Waals surface area contributed by atoms with Crippen LogP contribution in [0.25, 0.3) is 6.08 Å². The summed E-state index contributed by atoms with van der Waals surface area (Å²) in [6.07, 6.45) is 11.0. The van der Waals surface area contributed by atoms with Gasteiger partial charge in [-0.05, 0) is 63.3 Å². The van der Waals surface area contributed by atoms with Gasteiger partial charge in [-0.3, -0.25) is 9.69 Å². The zero-order valence-electron chi connectivity index (χ0n) is 17.8. The number of anilines is 1. The molecule has 1 aromatic rings. The Bertz CT molecular complexity index is 768. The highest BCUT2D eigenvalue weighted by molar-refractivity contribution is 6.11. The van der Waals surface area contributed by atoms with Crippen LogP contribution in [0, 0.1) is 0 Å². The molecule has 2 saturated carbocycles. The number of carbonyl (C=O) groups is 1. The molecule has 2 aliphatic carbocycles. The molecule has 0 spiro atoms. The summed E-state index contributed by atoms with van der Waals surface area (Å²) in [6.45, 7) is 6.28. The van der Waals surface area contributed by atoms with Crippen LogP contribution in [0.5, 0.6) is 0 Å². The highest BCUT2D eigenvalue weighted by Gasteiger charge is 2.41. The number of hydrogen-bond acceptors (Lipinski definition) is 4. The Kier molecular flexibility index (Phi) is 6.22. The van der Waals surface area contributed by atoms with Gasteiger partial charge >= 0.3 is 6.02 Å². The van der Waals surface area contributed by atoms with Crippen LogP contribution in [0.4, 0.5) is 5.69 Å². The third-order valence-electron chi connectivity index (χ3n) is 6.46. The molecule has 0 aromatic heterocycles. The van der Waals surface area contributed by atoms with Crippen molar-refractivity contribution in [2.24, 2.45) is 4.99 Å². The highest BCUT2D eigenvalue weighted by atomic mass is 16.5. The molecular weight excluding hydrogens is 362 g/mol. The topological polar surface area (TPSA) is 45.1 Å². The normalized spacial score (nSPS) is 23.5. The third-order valence-corrected chi connectivity index (χ3v) is 6.46. The molecule has 3 aliphatic rings. The number of benzene rings is 1. The summed E-state index contributed by atoms with van der Waals surface area (Å²) < 4.78 is 6.06. The van der Waals surface area contributed by atoms with Crippen molar-refractivity contribution in [1.29, 1.82) is 0 Å². The summed E-state index contributed by atoms with van der Waals surface area (Å²) in [4.78, 5) is 22.2. The fourth-order valence-corrected chi connectivity index (χ4v) is 4.77. The Hall–Kier alpha value is -2.30. The first kappa shape index (κ1) is 20.0. The molecule has 0 bridgehead atoms. The van der Waals surface area contributed by atoms with Crippen molar-refractivity contribution in [2.75, 3.05) is 18.0 Å². The maximum absolute atomic E-state index is 13.2. The molecule has 1 saturated heterocycles. The molecule has 0 radical (unpaired) electrons. The second kappa shape index (κ2) is 9.02. The summed E-state index contributed by atoms with van der Waals surface area (Å²) in [7, 11) is 0. The van der Waals surface area contributed by atoms with Crippen LogP contribution in [0.3, 0.4) is 0 Å². The number of carbonyl (C=O) groups excluding carboxylic acids is 1. The monoisotopic (exact) mass is 395 g/mol. The summed E-state index contributed by atoms with van der Waals surface area (Å²) in [5.74, 6) is 0.380. The standard InChI is InChI=1S/C24H33N3O2/c1-3-26(4-2)20-15-13-18(14-16-20)17-22-23(28)27(21-11-7-8-12-21)24(29-22)25-19-9-5-6-10-19/h13-17,19,21H,3-12H2,1-2H3/b22-17+,25-24?. The van der Waals surface area contributed by atoms with E-state index in [1.54, 1.807) is 0 Å². The lowest BCUT2D eigenvalue weighted by molar-refractivity contribution is -0.124. The summed E-state index contributed by atoms with van der Waals surface area (Å²) in [6, 6.07) is 9.42. The van der Waals surface area contributed by atoms with Gasteiger partial charge in [-0.25, -0.2) is 4.99 Å². The molecule has 0 unspecified atom stereocenters. The molecule has 4 rings (SSSR count). The van der Waals surface area contributed by atoms with Crippen LogP contribution in [0.15, 0.2) is 35.0 Å². The van der Waals surface area contributed by atoms with Crippen molar-refractivity contribution in [3.63, 3.8) is 0 Å². The van der Waals surface area contributed by atoms with Gasteiger partial charge in [0.15, 0.2) is 5.76 Å². The van der Waals surface area contributed by atoms with Gasteiger partial charge in [0.1, 0.15) is 0 Å². The quantitative estimate of drug-likeness (QED) is 0.639. The average molecular weight is 396 g/mol. The van der Waals surface area contributed by atoms with Crippen molar-refractivity contribution >= 4 is 23.7 Å². The van der Waals surface area contributed by atoms with Crippen molar-refractivity contribution in [1.82, 2.24) is 4.90 Å². The van der Waals surface area contributed by atoms with E-state index in [1.165, 1.54) is 31.4 Å². The van der Waals surface area contributed by atoms with E-state index in [4.69, 9.17) is 9.73 Å². The molecule has 1 aromatic carbocycles. The molecule has 1 aliphatic heterocycles. The van der Waals surface area contributed by atoms with Crippen molar-refractivity contribution in [3.05, 3.63) is 35.6 Å². The fourth-order valence-electron chi connectivity index (χ4n) is 4.77. The Labute approximate surface area is 174 Å². The molecule has 5 nitrogen and oxygen atoms in total. The second-order valence-corrected chi connectivity index (χ2v) is 8.34. The number of aliphatic imine (C=N–C) groups is 1. The van der Waals surface area contributed by atoms with Gasteiger partial charge < -0.3 is 9.64 Å². The maximum Gasteiger partial charge on any atom is 0.300 e. The van der Waals surface area contributed by atoms with Crippen LogP contribution >= 0.6 is 0 Å². The van der Waals surface area contributed by atoms with Crippen molar-refractivity contribution in [3.8, 4) is 0 Å². The number of rotatable bonds is 6. The van der Waals surface area contributed by atoms with E-state index in [9.17, 15) is 4.79 Å². The van der Waals surface area contributed by atoms with E-state index in [-0.39, 0.29) is 11.9 Å². The minimum atomic E-state index is -0.0264. The first-order valence-electron chi connectivity index (χ1n) is 11.4. The average Bonchev–Trinajstić information content (AvgIpc) is 3.48. The van der Waals surface area contributed by atoms with E-state index in [2.05, 4.69) is 43.0 Å². The number of amides is 1. The molecule has 29 heavy (non-hydrogen) atoms.